The van der Waals surface area contributed by atoms with E-state index in [-0.39, 0.29) is 6.04 Å². The summed E-state index contributed by atoms with van der Waals surface area (Å²) in [4.78, 5) is 0. The number of rotatable bonds is 8. The molecule has 116 valence electrons. The Morgan fingerprint density at radius 1 is 1.43 bits per heavy atom. The number of hydrogen-bond acceptors (Lipinski definition) is 4. The van der Waals surface area contributed by atoms with Crippen LogP contribution in [0.2, 0.25) is 5.02 Å². The molecule has 2 heterocycles. The maximum absolute atomic E-state index is 6.37. The monoisotopic (exact) mass is 311 g/mol. The van der Waals surface area contributed by atoms with Crippen LogP contribution in [-0.4, -0.2) is 39.8 Å². The van der Waals surface area contributed by atoms with Gasteiger partial charge in [-0.3, -0.25) is 9.36 Å². The Hall–Kier alpha value is -1.37. The van der Waals surface area contributed by atoms with E-state index in [1.54, 1.807) is 19.5 Å². The normalized spacial score (nSPS) is 12.8. The molecule has 2 aromatic heterocycles. The van der Waals surface area contributed by atoms with Crippen molar-refractivity contribution in [2.45, 2.75) is 25.9 Å². The van der Waals surface area contributed by atoms with Crippen LogP contribution in [0, 0.1) is 0 Å². The lowest BCUT2D eigenvalue weighted by atomic mass is 10.1. The molecule has 0 aliphatic carbocycles. The molecule has 0 aliphatic heterocycles. The lowest BCUT2D eigenvalue weighted by molar-refractivity contribution is 0.182. The third kappa shape index (κ3) is 3.64. The van der Waals surface area contributed by atoms with Gasteiger partial charge in [0.15, 0.2) is 0 Å². The fourth-order valence-electron chi connectivity index (χ4n) is 2.31. The number of aromatic nitrogens is 4. The van der Waals surface area contributed by atoms with E-state index in [0.29, 0.717) is 18.2 Å². The molecule has 0 aliphatic rings. The highest BCUT2D eigenvalue weighted by Crippen LogP contribution is 2.28. The largest absolute Gasteiger partial charge is 0.383 e. The van der Waals surface area contributed by atoms with Gasteiger partial charge in [0.25, 0.3) is 0 Å². The first-order chi connectivity index (χ1) is 10.2. The highest BCUT2D eigenvalue weighted by Gasteiger charge is 2.23. The van der Waals surface area contributed by atoms with Crippen LogP contribution in [0.4, 0.5) is 0 Å². The van der Waals surface area contributed by atoms with Gasteiger partial charge in [0.1, 0.15) is 0 Å². The Balaban J connectivity index is 2.36. The summed E-state index contributed by atoms with van der Waals surface area (Å²) in [6.07, 6.45) is 4.52. The Morgan fingerprint density at radius 3 is 2.86 bits per heavy atom. The molecule has 1 N–H and O–H groups in total. The van der Waals surface area contributed by atoms with Gasteiger partial charge >= 0.3 is 0 Å². The molecule has 7 heteroatoms. The van der Waals surface area contributed by atoms with Crippen LogP contribution in [-0.2, 0) is 18.3 Å². The van der Waals surface area contributed by atoms with Crippen LogP contribution < -0.4 is 5.32 Å². The predicted octanol–water partition coefficient (Wildman–Crippen LogP) is 2.01. The van der Waals surface area contributed by atoms with E-state index in [1.165, 1.54) is 0 Å². The molecule has 0 fully saturated rings. The summed E-state index contributed by atoms with van der Waals surface area (Å²) in [5.74, 6) is 0. The Morgan fingerprint density at radius 2 is 2.24 bits per heavy atom. The molecule has 21 heavy (non-hydrogen) atoms. The van der Waals surface area contributed by atoms with Crippen LogP contribution in [0.5, 0.6) is 0 Å². The molecule has 0 bridgehead atoms. The van der Waals surface area contributed by atoms with E-state index in [4.69, 9.17) is 16.3 Å². The summed E-state index contributed by atoms with van der Waals surface area (Å²) in [5, 5.41) is 12.8. The Bertz CT molecular complexity index is 565. The number of nitrogens with zero attached hydrogens (tertiary/aromatic N) is 4. The average Bonchev–Trinajstić information content (AvgIpc) is 3.05. The molecular formula is C14H22ClN5O. The van der Waals surface area contributed by atoms with Crippen LogP contribution >= 0.6 is 11.6 Å². The first-order valence-corrected chi connectivity index (χ1v) is 7.48. The van der Waals surface area contributed by atoms with Gasteiger partial charge in [-0.1, -0.05) is 18.5 Å². The van der Waals surface area contributed by atoms with E-state index < -0.39 is 0 Å². The second-order valence-corrected chi connectivity index (χ2v) is 5.27. The van der Waals surface area contributed by atoms with Crippen LogP contribution in [0.1, 0.15) is 30.8 Å². The number of aryl methyl sites for hydroxylation is 1. The molecule has 0 aromatic carbocycles. The highest BCUT2D eigenvalue weighted by atomic mass is 35.5. The average molecular weight is 312 g/mol. The topological polar surface area (TPSA) is 56.9 Å². The van der Waals surface area contributed by atoms with Gasteiger partial charge in [0.05, 0.1) is 41.8 Å². The second-order valence-electron chi connectivity index (χ2n) is 4.86. The van der Waals surface area contributed by atoms with Crippen molar-refractivity contribution < 1.29 is 4.74 Å². The number of ether oxygens (including phenoxy) is 1. The van der Waals surface area contributed by atoms with Crippen molar-refractivity contribution in [3.63, 3.8) is 0 Å². The molecule has 1 unspecified atom stereocenters. The maximum atomic E-state index is 6.37. The minimum atomic E-state index is -0.0377. The standard InChI is InChI=1S/C14H22ClN5O/c1-4-6-16-13(12-5-7-17-19(12)2)14-11(15)10-18-20(14)8-9-21-3/h5,7,10,13,16H,4,6,8-9H2,1-3H3. The fraction of sp³-hybridized carbons (Fsp3) is 0.571. The highest BCUT2D eigenvalue weighted by molar-refractivity contribution is 6.31. The lowest BCUT2D eigenvalue weighted by Gasteiger charge is -2.21. The first-order valence-electron chi connectivity index (χ1n) is 7.10. The minimum Gasteiger partial charge on any atom is -0.383 e. The fourth-order valence-corrected chi connectivity index (χ4v) is 2.56. The van der Waals surface area contributed by atoms with E-state index in [9.17, 15) is 0 Å². The summed E-state index contributed by atoms with van der Waals surface area (Å²) >= 11 is 6.37. The van der Waals surface area contributed by atoms with Gasteiger partial charge in [0, 0.05) is 20.4 Å². The van der Waals surface area contributed by atoms with Crippen LogP contribution in [0.25, 0.3) is 0 Å². The summed E-state index contributed by atoms with van der Waals surface area (Å²) < 4.78 is 8.90. The molecule has 0 spiro atoms. The minimum absolute atomic E-state index is 0.0377. The molecule has 1 atom stereocenters. The summed E-state index contributed by atoms with van der Waals surface area (Å²) in [6.45, 7) is 4.29. The zero-order valence-electron chi connectivity index (χ0n) is 12.7. The Kier molecular flexibility index (Phi) is 5.78. The summed E-state index contributed by atoms with van der Waals surface area (Å²) in [7, 11) is 3.61. The van der Waals surface area contributed by atoms with Gasteiger partial charge < -0.3 is 10.1 Å². The number of methoxy groups -OCH3 is 1. The molecular weight excluding hydrogens is 290 g/mol. The van der Waals surface area contributed by atoms with Crippen LogP contribution in [0.15, 0.2) is 18.5 Å². The molecule has 0 radical (unpaired) electrons. The SMILES string of the molecule is CCCNC(c1ccnn1C)c1c(Cl)cnn1CCOC. The van der Waals surface area contributed by atoms with Crippen molar-refractivity contribution in [1.29, 1.82) is 0 Å². The molecule has 0 saturated heterocycles. The lowest BCUT2D eigenvalue weighted by Crippen LogP contribution is -2.28. The Labute approximate surface area is 130 Å². The van der Waals surface area contributed by atoms with E-state index in [0.717, 1.165) is 24.4 Å². The number of halogens is 1. The molecule has 0 amide bonds. The van der Waals surface area contributed by atoms with Crippen molar-refractivity contribution >= 4 is 11.6 Å². The van der Waals surface area contributed by atoms with Gasteiger partial charge in [-0.2, -0.15) is 10.2 Å². The van der Waals surface area contributed by atoms with Crippen molar-refractivity contribution in [2.24, 2.45) is 7.05 Å². The van der Waals surface area contributed by atoms with Gasteiger partial charge in [-0.05, 0) is 19.0 Å². The molecule has 6 nitrogen and oxygen atoms in total. The first kappa shape index (κ1) is 16.0. The van der Waals surface area contributed by atoms with Crippen molar-refractivity contribution in [3.05, 3.63) is 34.9 Å². The van der Waals surface area contributed by atoms with Crippen molar-refractivity contribution in [1.82, 2.24) is 24.9 Å². The molecule has 2 rings (SSSR count). The van der Waals surface area contributed by atoms with Gasteiger partial charge in [0.2, 0.25) is 0 Å². The number of hydrogen-bond donors (Lipinski definition) is 1. The summed E-state index contributed by atoms with van der Waals surface area (Å²) in [6, 6.07) is 1.96. The summed E-state index contributed by atoms with van der Waals surface area (Å²) in [5.41, 5.74) is 2.01. The van der Waals surface area contributed by atoms with E-state index in [1.807, 2.05) is 22.5 Å². The molecule has 2 aromatic rings. The van der Waals surface area contributed by atoms with Gasteiger partial charge in [-0.15, -0.1) is 0 Å². The van der Waals surface area contributed by atoms with Crippen LogP contribution in [0.3, 0.4) is 0 Å². The second kappa shape index (κ2) is 7.59. The quantitative estimate of drug-likeness (QED) is 0.810. The third-order valence-electron chi connectivity index (χ3n) is 3.37. The van der Waals surface area contributed by atoms with E-state index in [2.05, 4.69) is 22.4 Å². The molecule has 0 saturated carbocycles. The van der Waals surface area contributed by atoms with Crippen molar-refractivity contribution in [3.8, 4) is 0 Å². The smallest absolute Gasteiger partial charge is 0.0933 e. The van der Waals surface area contributed by atoms with Crippen molar-refractivity contribution in [2.75, 3.05) is 20.3 Å². The van der Waals surface area contributed by atoms with E-state index >= 15 is 0 Å². The zero-order chi connectivity index (χ0) is 15.2. The zero-order valence-corrected chi connectivity index (χ0v) is 13.5. The predicted molar refractivity (Wildman–Crippen MR) is 82.5 cm³/mol. The maximum Gasteiger partial charge on any atom is 0.0933 e. The number of nitrogens with one attached hydrogen (secondary N) is 1. The third-order valence-corrected chi connectivity index (χ3v) is 3.66. The van der Waals surface area contributed by atoms with Gasteiger partial charge in [-0.25, -0.2) is 0 Å².